The number of likely N-dealkylation sites (tertiary alicyclic amines) is 1. The lowest BCUT2D eigenvalue weighted by Gasteiger charge is -2.38. The minimum Gasteiger partial charge on any atom is -0.483 e. The van der Waals surface area contributed by atoms with Gasteiger partial charge in [-0.15, -0.1) is 0 Å². The number of methoxy groups -OCH3 is 1. The van der Waals surface area contributed by atoms with Crippen molar-refractivity contribution in [2.45, 2.75) is 51.3 Å². The van der Waals surface area contributed by atoms with E-state index in [0.29, 0.717) is 17.8 Å². The van der Waals surface area contributed by atoms with Crippen LogP contribution >= 0.6 is 0 Å². The molecule has 1 aromatic rings. The van der Waals surface area contributed by atoms with Gasteiger partial charge in [-0.1, -0.05) is 0 Å². The van der Waals surface area contributed by atoms with Gasteiger partial charge in [-0.3, -0.25) is 14.5 Å². The van der Waals surface area contributed by atoms with Gasteiger partial charge in [-0.25, -0.2) is 9.97 Å². The summed E-state index contributed by atoms with van der Waals surface area (Å²) in [6.45, 7) is 5.20. The summed E-state index contributed by atoms with van der Waals surface area (Å²) in [6, 6.07) is 0.550. The summed E-state index contributed by atoms with van der Waals surface area (Å²) >= 11 is 0. The van der Waals surface area contributed by atoms with Gasteiger partial charge in [0.25, 0.3) is 6.47 Å². The van der Waals surface area contributed by atoms with Crippen molar-refractivity contribution in [2.75, 3.05) is 26.8 Å². The highest BCUT2D eigenvalue weighted by Gasteiger charge is 2.43. The Morgan fingerprint density at radius 1 is 1.27 bits per heavy atom. The predicted molar refractivity (Wildman–Crippen MR) is 109 cm³/mol. The lowest BCUT2D eigenvalue weighted by Crippen LogP contribution is -2.50. The third-order valence-electron chi connectivity index (χ3n) is 6.09. The molecule has 0 bridgehead atoms. The van der Waals surface area contributed by atoms with Crippen LogP contribution in [0.25, 0.3) is 0 Å². The quantitative estimate of drug-likeness (QED) is 0.635. The molecule has 1 saturated heterocycles. The third-order valence-corrected chi connectivity index (χ3v) is 6.09. The minimum atomic E-state index is -0.250. The van der Waals surface area contributed by atoms with Crippen molar-refractivity contribution in [3.63, 3.8) is 0 Å². The molecule has 3 fully saturated rings. The van der Waals surface area contributed by atoms with E-state index in [1.165, 1.54) is 12.8 Å². The van der Waals surface area contributed by atoms with Crippen LogP contribution in [-0.4, -0.2) is 71.3 Å². The molecule has 2 N–H and O–H groups in total. The van der Waals surface area contributed by atoms with Crippen molar-refractivity contribution in [3.8, 4) is 6.01 Å². The summed E-state index contributed by atoms with van der Waals surface area (Å²) < 4.78 is 11.3. The van der Waals surface area contributed by atoms with E-state index in [1.807, 2.05) is 12.4 Å². The minimum absolute atomic E-state index is 0.0451. The van der Waals surface area contributed by atoms with E-state index >= 15 is 0 Å². The van der Waals surface area contributed by atoms with Gasteiger partial charge in [0.15, 0.2) is 0 Å². The van der Waals surface area contributed by atoms with Crippen LogP contribution in [-0.2, 0) is 20.9 Å². The molecule has 30 heavy (non-hydrogen) atoms. The van der Waals surface area contributed by atoms with Crippen LogP contribution in [0.5, 0.6) is 6.01 Å². The normalized spacial score (nSPS) is 28.1. The molecule has 0 aromatic carbocycles. The average Bonchev–Trinajstić information content (AvgIpc) is 3.46. The molecule has 1 amide bonds. The fourth-order valence-corrected chi connectivity index (χ4v) is 4.57. The van der Waals surface area contributed by atoms with Crippen LogP contribution in [0.4, 0.5) is 0 Å². The number of hydrogen-bond acceptors (Lipinski definition) is 7. The molecular weight excluding hydrogens is 388 g/mol. The van der Waals surface area contributed by atoms with E-state index < -0.39 is 0 Å². The summed E-state index contributed by atoms with van der Waals surface area (Å²) in [4.78, 5) is 30.9. The second kappa shape index (κ2) is 10.7. The number of nitrogens with zero attached hydrogens (tertiary/aromatic N) is 3. The van der Waals surface area contributed by atoms with E-state index in [4.69, 9.17) is 19.4 Å². The Kier molecular flexibility index (Phi) is 7.98. The Morgan fingerprint density at radius 2 is 1.90 bits per heavy atom. The lowest BCUT2D eigenvalue weighted by atomic mass is 9.77. The van der Waals surface area contributed by atoms with E-state index in [0.717, 1.165) is 50.6 Å². The molecule has 9 heteroatoms. The van der Waals surface area contributed by atoms with Gasteiger partial charge in [-0.2, -0.15) is 0 Å². The molecule has 4 atom stereocenters. The molecule has 2 heterocycles. The number of hydrogen-bond donors (Lipinski definition) is 2. The SMILES string of the molecule is COc1ncc(CN2C[C@H]3C[C@@H](NC(C)=O)[C@H](OCC4CC4)C[C@H]3C2)cn1.O=CO. The van der Waals surface area contributed by atoms with E-state index in [1.54, 1.807) is 14.0 Å². The largest absolute Gasteiger partial charge is 0.483 e. The predicted octanol–water partition coefficient (Wildman–Crippen LogP) is 1.33. The Bertz CT molecular complexity index is 697. The van der Waals surface area contributed by atoms with Crippen LogP contribution in [0.15, 0.2) is 12.4 Å². The number of rotatable bonds is 7. The molecule has 2 aliphatic carbocycles. The number of carboxylic acid groups (broad SMARTS) is 1. The Morgan fingerprint density at radius 3 is 2.47 bits per heavy atom. The number of aromatic nitrogens is 2. The zero-order valence-electron chi connectivity index (χ0n) is 17.7. The van der Waals surface area contributed by atoms with Crippen molar-refractivity contribution >= 4 is 12.4 Å². The van der Waals surface area contributed by atoms with Crippen LogP contribution in [0.1, 0.15) is 38.2 Å². The maximum absolute atomic E-state index is 11.7. The summed E-state index contributed by atoms with van der Waals surface area (Å²) in [5, 5.41) is 10.0. The lowest BCUT2D eigenvalue weighted by molar-refractivity contribution is -0.123. The molecule has 2 saturated carbocycles. The Labute approximate surface area is 177 Å². The zero-order chi connectivity index (χ0) is 21.5. The van der Waals surface area contributed by atoms with Gasteiger partial charge in [0, 0.05) is 51.1 Å². The third kappa shape index (κ3) is 6.37. The van der Waals surface area contributed by atoms with Gasteiger partial charge in [0.1, 0.15) is 0 Å². The van der Waals surface area contributed by atoms with E-state index in [9.17, 15) is 4.79 Å². The number of carbonyl (C=O) groups is 2. The number of fused-ring (bicyclic) bond motifs is 1. The highest BCUT2D eigenvalue weighted by Crippen LogP contribution is 2.39. The van der Waals surface area contributed by atoms with Gasteiger partial charge in [0.2, 0.25) is 5.91 Å². The Balaban J connectivity index is 0.000000806. The molecular formula is C21H32N4O5. The first-order valence-electron chi connectivity index (χ1n) is 10.6. The number of amides is 1. The fourth-order valence-electron chi connectivity index (χ4n) is 4.57. The topological polar surface area (TPSA) is 114 Å². The molecule has 166 valence electrons. The number of ether oxygens (including phenoxy) is 2. The molecule has 0 spiro atoms. The van der Waals surface area contributed by atoms with Crippen molar-refractivity contribution in [2.24, 2.45) is 17.8 Å². The second-order valence-electron chi connectivity index (χ2n) is 8.49. The molecule has 1 aliphatic heterocycles. The number of carbonyl (C=O) groups excluding carboxylic acids is 1. The van der Waals surface area contributed by atoms with Crippen LogP contribution in [0, 0.1) is 17.8 Å². The van der Waals surface area contributed by atoms with Crippen molar-refractivity contribution in [3.05, 3.63) is 18.0 Å². The standard InChI is InChI=1S/C20H30N4O3.CH2O2/c1-13(25)23-18-5-16-10-24(9-15-7-21-20(26-2)22-8-15)11-17(16)6-19(18)27-12-14-3-4-14;2-1-3/h7-8,14,16-19H,3-6,9-12H2,1-2H3,(H,23,25);1H,(H,2,3)/t16-,17+,18-,19-;/m1./s1. The van der Waals surface area contributed by atoms with Gasteiger partial charge >= 0.3 is 6.01 Å². The summed E-state index contributed by atoms with van der Waals surface area (Å²) in [5.41, 5.74) is 1.11. The first-order chi connectivity index (χ1) is 14.5. The maximum atomic E-state index is 11.7. The molecule has 0 radical (unpaired) electrons. The van der Waals surface area contributed by atoms with Gasteiger partial charge in [0.05, 0.1) is 19.3 Å². The van der Waals surface area contributed by atoms with Gasteiger partial charge in [-0.05, 0) is 43.4 Å². The van der Waals surface area contributed by atoms with Crippen molar-refractivity contribution < 1.29 is 24.2 Å². The molecule has 4 rings (SSSR count). The van der Waals surface area contributed by atoms with Crippen LogP contribution < -0.4 is 10.1 Å². The van der Waals surface area contributed by atoms with Crippen LogP contribution in [0.3, 0.4) is 0 Å². The average molecular weight is 421 g/mol. The maximum Gasteiger partial charge on any atom is 0.316 e. The fraction of sp³-hybridized carbons (Fsp3) is 0.714. The number of nitrogens with one attached hydrogen (secondary N) is 1. The molecule has 0 unspecified atom stereocenters. The molecule has 1 aromatic heterocycles. The monoisotopic (exact) mass is 420 g/mol. The zero-order valence-corrected chi connectivity index (χ0v) is 17.7. The molecule has 3 aliphatic rings. The first kappa shape index (κ1) is 22.4. The van der Waals surface area contributed by atoms with E-state index in [-0.39, 0.29) is 24.5 Å². The summed E-state index contributed by atoms with van der Waals surface area (Å²) in [7, 11) is 1.58. The highest BCUT2D eigenvalue weighted by atomic mass is 16.5. The summed E-state index contributed by atoms with van der Waals surface area (Å²) in [6.07, 6.45) is 8.47. The summed E-state index contributed by atoms with van der Waals surface area (Å²) in [5.74, 6) is 2.04. The van der Waals surface area contributed by atoms with Gasteiger partial charge < -0.3 is 19.9 Å². The second-order valence-corrected chi connectivity index (χ2v) is 8.49. The van der Waals surface area contributed by atoms with Crippen molar-refractivity contribution in [1.29, 1.82) is 0 Å². The first-order valence-corrected chi connectivity index (χ1v) is 10.6. The highest BCUT2D eigenvalue weighted by molar-refractivity contribution is 5.73. The molecule has 9 nitrogen and oxygen atoms in total. The van der Waals surface area contributed by atoms with E-state index in [2.05, 4.69) is 20.2 Å². The van der Waals surface area contributed by atoms with Crippen molar-refractivity contribution in [1.82, 2.24) is 20.2 Å². The van der Waals surface area contributed by atoms with Crippen LogP contribution in [0.2, 0.25) is 0 Å². The smallest absolute Gasteiger partial charge is 0.316 e. The Hall–Kier alpha value is -2.26.